The van der Waals surface area contributed by atoms with Crippen molar-refractivity contribution in [2.24, 2.45) is 28.6 Å². The Morgan fingerprint density at radius 1 is 1.18 bits per heavy atom. The second-order valence-corrected chi connectivity index (χ2v) is 11.6. The minimum absolute atomic E-state index is 0.0966. The fourth-order valence-electron chi connectivity index (χ4n) is 8.46. The van der Waals surface area contributed by atoms with Crippen molar-refractivity contribution >= 4 is 5.78 Å². The molecule has 1 saturated heterocycles. The number of epoxide rings is 1. The molecule has 6 rings (SSSR count). The van der Waals surface area contributed by atoms with Crippen molar-refractivity contribution in [3.8, 4) is 5.75 Å². The lowest BCUT2D eigenvalue weighted by atomic mass is 9.44. The van der Waals surface area contributed by atoms with E-state index in [0.29, 0.717) is 25.0 Å². The van der Waals surface area contributed by atoms with Crippen LogP contribution in [0, 0.1) is 28.6 Å². The minimum Gasteiger partial charge on any atom is -0.457 e. The molecule has 4 aliphatic carbocycles. The monoisotopic (exact) mass is 468 g/mol. The molecule has 1 aromatic carbocycles. The summed E-state index contributed by atoms with van der Waals surface area (Å²) in [7, 11) is 0. The Labute approximate surface area is 199 Å². The van der Waals surface area contributed by atoms with Crippen LogP contribution in [0.1, 0.15) is 46.5 Å². The van der Waals surface area contributed by atoms with Crippen molar-refractivity contribution in [1.82, 2.24) is 0 Å². The third kappa shape index (κ3) is 2.47. The quantitative estimate of drug-likeness (QED) is 0.652. The number of halogens is 1. The second kappa shape index (κ2) is 6.80. The number of fused-ring (bicyclic) bond motifs is 5. The van der Waals surface area contributed by atoms with Gasteiger partial charge in [0.15, 0.2) is 11.5 Å². The SMILES string of the molecule is CC1C[C@H]2[C@@H]3CCC4=CC(=O)C=C[C@]4(C)[C@@]3(F)C(O)C[C@]2(C)[C@@]1(O)C1(Oc2ccccc2)CO1. The number of hydrogen-bond donors (Lipinski definition) is 2. The van der Waals surface area contributed by atoms with Crippen LogP contribution in [0.5, 0.6) is 5.75 Å². The molecule has 9 atom stereocenters. The summed E-state index contributed by atoms with van der Waals surface area (Å²) in [6.07, 6.45) is 5.21. The van der Waals surface area contributed by atoms with Crippen LogP contribution >= 0.6 is 0 Å². The number of aliphatic hydroxyl groups excluding tert-OH is 1. The molecule has 34 heavy (non-hydrogen) atoms. The molecule has 1 aromatic rings. The molecule has 182 valence electrons. The van der Waals surface area contributed by atoms with E-state index in [1.54, 1.807) is 12.2 Å². The molecule has 5 nitrogen and oxygen atoms in total. The number of allylic oxidation sites excluding steroid dienone is 4. The molecule has 1 aliphatic heterocycles. The molecule has 5 aliphatic rings. The normalized spacial score (nSPS) is 51.2. The van der Waals surface area contributed by atoms with Crippen LogP contribution < -0.4 is 4.74 Å². The van der Waals surface area contributed by atoms with Gasteiger partial charge in [-0.3, -0.25) is 4.79 Å². The summed E-state index contributed by atoms with van der Waals surface area (Å²) in [5.41, 5.74) is -4.39. The Kier molecular flexibility index (Phi) is 4.49. The zero-order valence-corrected chi connectivity index (χ0v) is 20.0. The molecule has 2 N–H and O–H groups in total. The number of carbonyl (C=O) groups excluding carboxylic acids is 1. The van der Waals surface area contributed by atoms with Gasteiger partial charge in [0, 0.05) is 16.7 Å². The van der Waals surface area contributed by atoms with Gasteiger partial charge < -0.3 is 19.7 Å². The van der Waals surface area contributed by atoms with Crippen LogP contribution in [0.2, 0.25) is 0 Å². The van der Waals surface area contributed by atoms with Crippen molar-refractivity contribution < 1.29 is 28.9 Å². The summed E-state index contributed by atoms with van der Waals surface area (Å²) in [4.78, 5) is 12.0. The number of ether oxygens (including phenoxy) is 2. The molecule has 0 amide bonds. The maximum absolute atomic E-state index is 17.3. The van der Waals surface area contributed by atoms with Gasteiger partial charge in [-0.1, -0.05) is 43.7 Å². The molecule has 1 heterocycles. The zero-order valence-electron chi connectivity index (χ0n) is 20.0. The topological polar surface area (TPSA) is 79.3 Å². The molecule has 0 aromatic heterocycles. The molecule has 0 bridgehead atoms. The number of rotatable bonds is 3. The van der Waals surface area contributed by atoms with E-state index in [4.69, 9.17) is 9.47 Å². The van der Waals surface area contributed by atoms with E-state index in [0.717, 1.165) is 5.57 Å². The average Bonchev–Trinajstić information content (AvgIpc) is 3.55. The Morgan fingerprint density at radius 2 is 1.88 bits per heavy atom. The molecular formula is C28H33FO5. The third-order valence-electron chi connectivity index (χ3n) is 10.2. The van der Waals surface area contributed by atoms with Gasteiger partial charge >= 0.3 is 0 Å². The van der Waals surface area contributed by atoms with E-state index in [9.17, 15) is 15.0 Å². The molecular weight excluding hydrogens is 435 g/mol. The fourth-order valence-corrected chi connectivity index (χ4v) is 8.46. The Hall–Kier alpha value is -2.02. The predicted molar refractivity (Wildman–Crippen MR) is 124 cm³/mol. The lowest BCUT2D eigenvalue weighted by Gasteiger charge is -2.63. The number of ketones is 1. The van der Waals surface area contributed by atoms with Crippen molar-refractivity contribution in [3.63, 3.8) is 0 Å². The highest BCUT2D eigenvalue weighted by atomic mass is 19.1. The first kappa shape index (κ1) is 22.4. The molecule has 0 radical (unpaired) electrons. The minimum atomic E-state index is -1.92. The van der Waals surface area contributed by atoms with E-state index in [-0.39, 0.29) is 30.6 Å². The van der Waals surface area contributed by atoms with Gasteiger partial charge in [0.2, 0.25) is 0 Å². The molecule has 3 unspecified atom stereocenters. The van der Waals surface area contributed by atoms with Crippen LogP contribution in [-0.2, 0) is 9.53 Å². The highest BCUT2D eigenvalue weighted by molar-refractivity contribution is 6.01. The Balaban J connectivity index is 1.41. The zero-order chi connectivity index (χ0) is 24.1. The third-order valence-corrected chi connectivity index (χ3v) is 10.2. The molecule has 0 spiro atoms. The lowest BCUT2D eigenvalue weighted by Crippen LogP contribution is -2.70. The van der Waals surface area contributed by atoms with Crippen LogP contribution in [0.4, 0.5) is 4.39 Å². The van der Waals surface area contributed by atoms with Crippen molar-refractivity contribution in [1.29, 1.82) is 0 Å². The van der Waals surface area contributed by atoms with Crippen LogP contribution in [-0.4, -0.2) is 45.8 Å². The van der Waals surface area contributed by atoms with E-state index in [1.807, 2.05) is 51.1 Å². The number of aliphatic hydroxyl groups is 2. The average molecular weight is 469 g/mol. The predicted octanol–water partition coefficient (Wildman–Crippen LogP) is 4.14. The number of benzene rings is 1. The number of para-hydroxylation sites is 1. The van der Waals surface area contributed by atoms with E-state index in [2.05, 4.69) is 0 Å². The van der Waals surface area contributed by atoms with Gasteiger partial charge in [0.25, 0.3) is 5.79 Å². The molecule has 4 fully saturated rings. The van der Waals surface area contributed by atoms with Gasteiger partial charge in [-0.05, 0) is 68.7 Å². The number of carbonyl (C=O) groups is 1. The van der Waals surface area contributed by atoms with Gasteiger partial charge in [-0.15, -0.1) is 0 Å². The van der Waals surface area contributed by atoms with Crippen molar-refractivity contribution in [2.75, 3.05) is 6.61 Å². The lowest BCUT2D eigenvalue weighted by molar-refractivity contribution is -0.256. The van der Waals surface area contributed by atoms with Gasteiger partial charge in [-0.25, -0.2) is 4.39 Å². The van der Waals surface area contributed by atoms with Crippen LogP contribution in [0.3, 0.4) is 0 Å². The first-order valence-electron chi connectivity index (χ1n) is 12.4. The van der Waals surface area contributed by atoms with Crippen molar-refractivity contribution in [2.45, 2.75) is 69.6 Å². The smallest absolute Gasteiger partial charge is 0.264 e. The van der Waals surface area contributed by atoms with Crippen LogP contribution in [0.25, 0.3) is 0 Å². The Bertz CT molecular complexity index is 1100. The van der Waals surface area contributed by atoms with Gasteiger partial charge in [0.05, 0.1) is 6.10 Å². The summed E-state index contributed by atoms with van der Waals surface area (Å²) in [5.74, 6) is -1.55. The van der Waals surface area contributed by atoms with E-state index in [1.165, 1.54) is 6.08 Å². The molecule has 6 heteroatoms. The summed E-state index contributed by atoms with van der Waals surface area (Å²) < 4.78 is 29.5. The summed E-state index contributed by atoms with van der Waals surface area (Å²) >= 11 is 0. The molecule has 3 saturated carbocycles. The number of alkyl halides is 1. The van der Waals surface area contributed by atoms with Gasteiger partial charge in [0.1, 0.15) is 18.0 Å². The highest BCUT2D eigenvalue weighted by Gasteiger charge is 2.81. The van der Waals surface area contributed by atoms with E-state index >= 15 is 4.39 Å². The summed E-state index contributed by atoms with van der Waals surface area (Å²) in [6, 6.07) is 9.31. The van der Waals surface area contributed by atoms with E-state index < -0.39 is 39.9 Å². The maximum atomic E-state index is 17.3. The maximum Gasteiger partial charge on any atom is 0.264 e. The summed E-state index contributed by atoms with van der Waals surface area (Å²) in [5, 5.41) is 24.0. The van der Waals surface area contributed by atoms with Gasteiger partial charge in [-0.2, -0.15) is 0 Å². The number of hydrogen-bond acceptors (Lipinski definition) is 5. The van der Waals surface area contributed by atoms with Crippen LogP contribution in [0.15, 0.2) is 54.1 Å². The largest absolute Gasteiger partial charge is 0.457 e. The first-order valence-corrected chi connectivity index (χ1v) is 12.4. The highest BCUT2D eigenvalue weighted by Crippen LogP contribution is 2.73. The second-order valence-electron chi connectivity index (χ2n) is 11.6. The van der Waals surface area contributed by atoms with Crippen molar-refractivity contribution in [3.05, 3.63) is 54.1 Å². The summed E-state index contributed by atoms with van der Waals surface area (Å²) in [6.45, 7) is 6.04. The fraction of sp³-hybridized carbons (Fsp3) is 0.607. The first-order chi connectivity index (χ1) is 16.0. The Morgan fingerprint density at radius 3 is 2.56 bits per heavy atom. The standard InChI is InChI=1S/C28H33FO5/c1-17-13-22-21-10-9-18-14-19(30)11-12-24(18,2)27(21,29)23(31)15-25(22,3)28(17,32)26(16-33-26)34-20-7-5-4-6-8-20/h4-8,11-12,14,17,21-23,31-32H,9-10,13,15-16H2,1-3H3/t17?,21-,22-,23?,24-,25-,26?,27-,28+/m0/s1.